The molecule has 1 aliphatic rings. The maximum absolute atomic E-state index is 5.38. The number of hydrogen-bond acceptors (Lipinski definition) is 4. The number of methoxy groups -OCH3 is 3. The molecule has 0 aliphatic carbocycles. The molecule has 111 valence electrons. The number of piperazine rings is 1. The normalized spacial score (nSPS) is 15.9. The molecule has 1 aromatic rings. The molecule has 1 aromatic carbocycles. The van der Waals surface area contributed by atoms with Gasteiger partial charge in [0.1, 0.15) is 0 Å². The Morgan fingerprint density at radius 3 is 2.10 bits per heavy atom. The summed E-state index contributed by atoms with van der Waals surface area (Å²) >= 11 is 0. The van der Waals surface area contributed by atoms with E-state index in [-0.39, 0.29) is 0 Å². The van der Waals surface area contributed by atoms with Crippen molar-refractivity contribution in [2.45, 2.75) is 6.42 Å². The molecule has 2 rings (SSSR count). The predicted octanol–water partition coefficient (Wildman–Crippen LogP) is 1.17. The van der Waals surface area contributed by atoms with Crippen molar-refractivity contribution in [3.63, 3.8) is 0 Å². The van der Waals surface area contributed by atoms with Crippen molar-refractivity contribution in [1.82, 2.24) is 10.2 Å². The Labute approximate surface area is 120 Å². The van der Waals surface area contributed by atoms with Gasteiger partial charge in [0.2, 0.25) is 5.75 Å². The Balaban J connectivity index is 2.06. The topological polar surface area (TPSA) is 45.0 Å². The first-order valence-electron chi connectivity index (χ1n) is 6.93. The number of hydrogen-bond donors (Lipinski definition) is 0. The summed E-state index contributed by atoms with van der Waals surface area (Å²) in [4.78, 5) is 2.44. The molecule has 0 spiro atoms. The lowest BCUT2D eigenvalue weighted by Crippen LogP contribution is -2.41. The number of nitrogens with zero attached hydrogens (tertiary/aromatic N) is 2. The third-order valence-electron chi connectivity index (χ3n) is 3.59. The summed E-state index contributed by atoms with van der Waals surface area (Å²) in [5.74, 6) is 2.08. The first-order valence-corrected chi connectivity index (χ1v) is 6.93. The van der Waals surface area contributed by atoms with Gasteiger partial charge >= 0.3 is 0 Å². The quantitative estimate of drug-likeness (QED) is 0.784. The highest BCUT2D eigenvalue weighted by atomic mass is 16.5. The van der Waals surface area contributed by atoms with Gasteiger partial charge in [0.05, 0.1) is 21.3 Å². The number of benzene rings is 1. The van der Waals surface area contributed by atoms with Crippen molar-refractivity contribution in [2.75, 3.05) is 54.1 Å². The van der Waals surface area contributed by atoms with E-state index in [1.54, 1.807) is 21.3 Å². The van der Waals surface area contributed by atoms with Crippen molar-refractivity contribution < 1.29 is 14.2 Å². The fraction of sp³-hybridized carbons (Fsp3) is 0.600. The number of rotatable bonds is 6. The molecule has 5 nitrogen and oxygen atoms in total. The van der Waals surface area contributed by atoms with Gasteiger partial charge in [-0.2, -0.15) is 0 Å². The zero-order valence-corrected chi connectivity index (χ0v) is 12.5. The molecule has 1 fully saturated rings. The Bertz CT molecular complexity index is 406. The third-order valence-corrected chi connectivity index (χ3v) is 3.59. The average molecular weight is 279 g/mol. The van der Waals surface area contributed by atoms with E-state index in [0.29, 0.717) is 5.75 Å². The highest BCUT2D eigenvalue weighted by molar-refractivity contribution is 5.53. The van der Waals surface area contributed by atoms with Crippen LogP contribution < -0.4 is 19.5 Å². The van der Waals surface area contributed by atoms with Crippen LogP contribution in [0.3, 0.4) is 0 Å². The Kier molecular flexibility index (Phi) is 5.49. The van der Waals surface area contributed by atoms with Crippen LogP contribution in [0.25, 0.3) is 0 Å². The molecule has 1 aliphatic heterocycles. The monoisotopic (exact) mass is 279 g/mol. The minimum absolute atomic E-state index is 0.649. The zero-order valence-electron chi connectivity index (χ0n) is 12.5. The van der Waals surface area contributed by atoms with Gasteiger partial charge in [0.25, 0.3) is 0 Å². The van der Waals surface area contributed by atoms with E-state index >= 15 is 0 Å². The minimum atomic E-state index is 0.649. The van der Waals surface area contributed by atoms with Crippen molar-refractivity contribution >= 4 is 0 Å². The fourth-order valence-corrected chi connectivity index (χ4v) is 2.44. The minimum Gasteiger partial charge on any atom is -0.493 e. The van der Waals surface area contributed by atoms with Crippen molar-refractivity contribution in [3.8, 4) is 17.2 Å². The molecular weight excluding hydrogens is 256 g/mol. The second kappa shape index (κ2) is 7.36. The molecule has 5 heteroatoms. The molecule has 0 bridgehead atoms. The summed E-state index contributed by atoms with van der Waals surface area (Å²) in [6, 6.07) is 4.05. The van der Waals surface area contributed by atoms with Crippen LogP contribution >= 0.6 is 0 Å². The molecule has 0 aromatic heterocycles. The molecule has 0 atom stereocenters. The summed E-state index contributed by atoms with van der Waals surface area (Å²) < 4.78 is 16.1. The summed E-state index contributed by atoms with van der Waals surface area (Å²) in [5.41, 5.74) is 1.20. The lowest BCUT2D eigenvalue weighted by Gasteiger charge is -2.26. The van der Waals surface area contributed by atoms with Crippen LogP contribution in [-0.4, -0.2) is 59.0 Å². The lowest BCUT2D eigenvalue weighted by molar-refractivity contribution is 0.241. The van der Waals surface area contributed by atoms with Crippen LogP contribution in [0.5, 0.6) is 17.2 Å². The SMILES string of the molecule is COc1cc(CCN2CC[N]CC2)cc(OC)c1OC. The van der Waals surface area contributed by atoms with Gasteiger partial charge in [-0.05, 0) is 24.1 Å². The van der Waals surface area contributed by atoms with E-state index in [0.717, 1.165) is 50.6 Å². The molecule has 0 unspecified atom stereocenters. The summed E-state index contributed by atoms with van der Waals surface area (Å²) in [7, 11) is 4.91. The zero-order chi connectivity index (χ0) is 14.4. The van der Waals surface area contributed by atoms with Gasteiger partial charge in [-0.25, -0.2) is 5.32 Å². The van der Waals surface area contributed by atoms with Crippen molar-refractivity contribution in [3.05, 3.63) is 17.7 Å². The molecule has 0 N–H and O–H groups in total. The molecule has 0 saturated carbocycles. The van der Waals surface area contributed by atoms with Gasteiger partial charge in [-0.3, -0.25) is 0 Å². The highest BCUT2D eigenvalue weighted by Gasteiger charge is 2.14. The lowest BCUT2D eigenvalue weighted by atomic mass is 10.1. The maximum Gasteiger partial charge on any atom is 0.203 e. The van der Waals surface area contributed by atoms with Crippen LogP contribution in [0.2, 0.25) is 0 Å². The molecule has 20 heavy (non-hydrogen) atoms. The smallest absolute Gasteiger partial charge is 0.203 e. The largest absolute Gasteiger partial charge is 0.493 e. The van der Waals surface area contributed by atoms with Crippen LogP contribution in [0.1, 0.15) is 5.56 Å². The van der Waals surface area contributed by atoms with Crippen LogP contribution in [0.4, 0.5) is 0 Å². The first kappa shape index (κ1) is 14.9. The van der Waals surface area contributed by atoms with E-state index in [9.17, 15) is 0 Å². The molecule has 1 saturated heterocycles. The van der Waals surface area contributed by atoms with E-state index in [4.69, 9.17) is 14.2 Å². The molecule has 1 heterocycles. The molecule has 0 amide bonds. The van der Waals surface area contributed by atoms with Gasteiger partial charge < -0.3 is 19.1 Å². The summed E-state index contributed by atoms with van der Waals surface area (Å²) in [6.07, 6.45) is 0.969. The number of ether oxygens (including phenoxy) is 3. The molecule has 1 radical (unpaired) electrons. The standard InChI is InChI=1S/C15H23N2O3/c1-18-13-10-12(11-14(19-2)15(13)20-3)4-7-17-8-5-16-6-9-17/h10-11H,4-9H2,1-3H3. The van der Waals surface area contributed by atoms with Crippen LogP contribution in [0.15, 0.2) is 12.1 Å². The van der Waals surface area contributed by atoms with Crippen molar-refractivity contribution in [2.24, 2.45) is 0 Å². The third kappa shape index (κ3) is 3.55. The summed E-state index contributed by atoms with van der Waals surface area (Å²) in [5, 5.41) is 4.36. The summed E-state index contributed by atoms with van der Waals surface area (Å²) in [6.45, 7) is 5.06. The predicted molar refractivity (Wildman–Crippen MR) is 78.1 cm³/mol. The Morgan fingerprint density at radius 1 is 1.00 bits per heavy atom. The van der Waals surface area contributed by atoms with E-state index in [1.807, 2.05) is 12.1 Å². The van der Waals surface area contributed by atoms with Gasteiger partial charge in [0.15, 0.2) is 11.5 Å². The van der Waals surface area contributed by atoms with Gasteiger partial charge in [-0.1, -0.05) is 0 Å². The van der Waals surface area contributed by atoms with E-state index < -0.39 is 0 Å². The average Bonchev–Trinajstić information content (AvgIpc) is 2.52. The molecular formula is C15H23N2O3. The Hall–Kier alpha value is -1.46. The van der Waals surface area contributed by atoms with Crippen molar-refractivity contribution in [1.29, 1.82) is 0 Å². The first-order chi connectivity index (χ1) is 9.78. The second-order valence-electron chi connectivity index (χ2n) is 4.80. The van der Waals surface area contributed by atoms with Gasteiger partial charge in [0, 0.05) is 32.7 Å². The fourth-order valence-electron chi connectivity index (χ4n) is 2.44. The van der Waals surface area contributed by atoms with Gasteiger partial charge in [-0.15, -0.1) is 0 Å². The maximum atomic E-state index is 5.38. The Morgan fingerprint density at radius 2 is 1.60 bits per heavy atom. The van der Waals surface area contributed by atoms with E-state index in [1.165, 1.54) is 5.56 Å². The second-order valence-corrected chi connectivity index (χ2v) is 4.80. The van der Waals surface area contributed by atoms with E-state index in [2.05, 4.69) is 10.2 Å². The van der Waals surface area contributed by atoms with Crippen LogP contribution in [0, 0.1) is 0 Å². The van der Waals surface area contributed by atoms with Crippen LogP contribution in [-0.2, 0) is 6.42 Å². The highest BCUT2D eigenvalue weighted by Crippen LogP contribution is 2.38.